The first-order valence-electron chi connectivity index (χ1n) is 15.2. The number of hydrogen-bond acceptors (Lipinski definition) is 9. The molecular weight excluding hydrogens is 621 g/mol. The van der Waals surface area contributed by atoms with Crippen molar-refractivity contribution in [2.75, 3.05) is 19.5 Å². The van der Waals surface area contributed by atoms with Crippen LogP contribution in [-0.4, -0.2) is 64.3 Å². The van der Waals surface area contributed by atoms with Gasteiger partial charge in [0.25, 0.3) is 5.56 Å². The SMILES string of the molecule is COc1ccc(C(O[C@H]2[C@@H](F)[C@H](n3cnc4c(=O)[nH]c(NC(=O)C(C)C)nc43)O[C@@H]2C=O)(c2ccccc2)c2ccc(OC)cc2)cc1. The first-order valence-corrected chi connectivity index (χ1v) is 15.2. The van der Waals surface area contributed by atoms with Gasteiger partial charge in [-0.05, 0) is 41.0 Å². The third kappa shape index (κ3) is 5.82. The fraction of sp³-hybridized carbons (Fsp3) is 0.286. The molecule has 0 saturated carbocycles. The van der Waals surface area contributed by atoms with Crippen LogP contribution in [0.3, 0.4) is 0 Å². The molecule has 1 saturated heterocycles. The Balaban J connectivity index is 1.47. The first-order chi connectivity index (χ1) is 23.2. The molecule has 0 aliphatic carbocycles. The molecule has 1 amide bonds. The molecule has 1 aliphatic rings. The van der Waals surface area contributed by atoms with E-state index in [1.807, 2.05) is 54.6 Å². The number of rotatable bonds is 11. The van der Waals surface area contributed by atoms with E-state index in [-0.39, 0.29) is 23.0 Å². The standard InChI is InChI=1S/C35H34FN5O7/c1-20(2)31(43)39-34-38-30-28(32(44)40-34)37-19-41(30)33-27(36)29(26(18-42)47-33)48-35(21-8-6-5-7-9-21,22-10-14-24(45-3)15-11-22)23-12-16-25(46-4)17-13-23/h5-20,26-27,29,33H,1-4H3,(H2,38,39,40,43,44)/t26-,27-,29-,33-/m1/s1. The van der Waals surface area contributed by atoms with Crippen LogP contribution in [0.2, 0.25) is 0 Å². The Bertz CT molecular complexity index is 1910. The third-order valence-electron chi connectivity index (χ3n) is 8.30. The highest BCUT2D eigenvalue weighted by atomic mass is 19.1. The van der Waals surface area contributed by atoms with E-state index in [0.29, 0.717) is 34.5 Å². The number of amides is 1. The summed E-state index contributed by atoms with van der Waals surface area (Å²) in [7, 11) is 3.11. The molecule has 0 radical (unpaired) electrons. The van der Waals surface area contributed by atoms with Crippen molar-refractivity contribution >= 4 is 29.3 Å². The van der Waals surface area contributed by atoms with Crippen LogP contribution in [0.15, 0.2) is 90.0 Å². The average Bonchev–Trinajstić information content (AvgIpc) is 3.67. The number of H-pyrrole nitrogens is 1. The van der Waals surface area contributed by atoms with Gasteiger partial charge in [-0.25, -0.2) is 9.37 Å². The molecule has 3 heterocycles. The molecule has 2 aromatic heterocycles. The molecule has 0 unspecified atom stereocenters. The van der Waals surface area contributed by atoms with Gasteiger partial charge in [-0.1, -0.05) is 68.4 Å². The van der Waals surface area contributed by atoms with Crippen molar-refractivity contribution in [3.05, 3.63) is 112 Å². The second kappa shape index (κ2) is 13.4. The number of carbonyl (C=O) groups excluding carboxylic acids is 2. The number of methoxy groups -OCH3 is 2. The third-order valence-corrected chi connectivity index (χ3v) is 8.30. The molecule has 3 aromatic carbocycles. The van der Waals surface area contributed by atoms with Crippen molar-refractivity contribution in [3.63, 3.8) is 0 Å². The largest absolute Gasteiger partial charge is 0.497 e. The molecule has 0 bridgehead atoms. The quantitative estimate of drug-likeness (QED) is 0.155. The fourth-order valence-electron chi connectivity index (χ4n) is 5.78. The lowest BCUT2D eigenvalue weighted by Crippen LogP contribution is -2.43. The zero-order valence-corrected chi connectivity index (χ0v) is 26.6. The Hall–Kier alpha value is -5.40. The highest BCUT2D eigenvalue weighted by molar-refractivity contribution is 5.91. The topological polar surface area (TPSA) is 147 Å². The minimum Gasteiger partial charge on any atom is -0.497 e. The number of nitrogens with zero attached hydrogens (tertiary/aromatic N) is 3. The van der Waals surface area contributed by atoms with Crippen molar-refractivity contribution in [2.45, 2.75) is 44.1 Å². The Morgan fingerprint density at radius 1 is 0.979 bits per heavy atom. The van der Waals surface area contributed by atoms with E-state index < -0.39 is 41.7 Å². The lowest BCUT2D eigenvalue weighted by molar-refractivity contribution is -0.131. The summed E-state index contributed by atoms with van der Waals surface area (Å²) in [5, 5.41) is 2.54. The van der Waals surface area contributed by atoms with E-state index in [1.54, 1.807) is 52.3 Å². The predicted molar refractivity (Wildman–Crippen MR) is 174 cm³/mol. The summed E-state index contributed by atoms with van der Waals surface area (Å²) in [5.74, 6) is 0.299. The van der Waals surface area contributed by atoms with Crippen LogP contribution in [0.1, 0.15) is 36.8 Å². The number of alkyl halides is 1. The minimum atomic E-state index is -1.95. The number of anilines is 1. The summed E-state index contributed by atoms with van der Waals surface area (Å²) in [6, 6.07) is 23.6. The fourth-order valence-corrected chi connectivity index (χ4v) is 5.78. The number of nitrogens with one attached hydrogen (secondary N) is 2. The predicted octanol–water partition coefficient (Wildman–Crippen LogP) is 4.54. The molecule has 4 atom stereocenters. The number of carbonyl (C=O) groups is 2. The van der Waals surface area contributed by atoms with E-state index in [4.69, 9.17) is 18.9 Å². The summed E-state index contributed by atoms with van der Waals surface area (Å²) in [4.78, 5) is 48.6. The van der Waals surface area contributed by atoms with Crippen molar-refractivity contribution in [1.82, 2.24) is 19.5 Å². The Kier molecular flexibility index (Phi) is 9.07. The van der Waals surface area contributed by atoms with E-state index in [1.165, 1.54) is 10.9 Å². The van der Waals surface area contributed by atoms with Crippen molar-refractivity contribution in [2.24, 2.45) is 5.92 Å². The molecule has 1 fully saturated rings. The maximum absolute atomic E-state index is 16.9. The maximum Gasteiger partial charge on any atom is 0.280 e. The molecule has 5 aromatic rings. The number of aldehydes is 1. The highest BCUT2D eigenvalue weighted by Gasteiger charge is 2.52. The number of aromatic amines is 1. The highest BCUT2D eigenvalue weighted by Crippen LogP contribution is 2.46. The second-order valence-corrected chi connectivity index (χ2v) is 11.5. The summed E-state index contributed by atoms with van der Waals surface area (Å²) < 4.78 is 41.8. The molecule has 0 spiro atoms. The monoisotopic (exact) mass is 655 g/mol. The van der Waals surface area contributed by atoms with Gasteiger partial charge >= 0.3 is 0 Å². The van der Waals surface area contributed by atoms with Crippen molar-refractivity contribution in [1.29, 1.82) is 0 Å². The minimum absolute atomic E-state index is 0.0459. The van der Waals surface area contributed by atoms with Gasteiger partial charge in [0, 0.05) is 5.92 Å². The molecule has 12 nitrogen and oxygen atoms in total. The number of benzene rings is 3. The molecule has 13 heteroatoms. The van der Waals surface area contributed by atoms with Crippen LogP contribution < -0.4 is 20.3 Å². The van der Waals surface area contributed by atoms with E-state index in [2.05, 4.69) is 20.3 Å². The van der Waals surface area contributed by atoms with Crippen LogP contribution in [0.4, 0.5) is 10.3 Å². The number of hydrogen-bond donors (Lipinski definition) is 2. The van der Waals surface area contributed by atoms with Gasteiger partial charge in [-0.2, -0.15) is 4.98 Å². The van der Waals surface area contributed by atoms with Gasteiger partial charge in [-0.15, -0.1) is 0 Å². The number of ether oxygens (including phenoxy) is 4. The van der Waals surface area contributed by atoms with E-state index >= 15 is 4.39 Å². The van der Waals surface area contributed by atoms with Gasteiger partial charge in [0.1, 0.15) is 29.3 Å². The van der Waals surface area contributed by atoms with Gasteiger partial charge in [-0.3, -0.25) is 24.5 Å². The summed E-state index contributed by atoms with van der Waals surface area (Å²) in [6.07, 6.45) is -4.53. The summed E-state index contributed by atoms with van der Waals surface area (Å²) in [6.45, 7) is 3.37. The normalized spacial score (nSPS) is 19.4. The number of halogens is 1. The average molecular weight is 656 g/mol. The molecule has 48 heavy (non-hydrogen) atoms. The zero-order chi connectivity index (χ0) is 34.0. The molecule has 1 aliphatic heterocycles. The van der Waals surface area contributed by atoms with Gasteiger partial charge in [0.15, 0.2) is 29.8 Å². The van der Waals surface area contributed by atoms with E-state index in [0.717, 1.165) is 0 Å². The molecule has 6 rings (SSSR count). The first kappa shape index (κ1) is 32.5. The van der Waals surface area contributed by atoms with Crippen LogP contribution in [-0.2, 0) is 24.7 Å². The molecule has 2 N–H and O–H groups in total. The van der Waals surface area contributed by atoms with Crippen LogP contribution in [0.5, 0.6) is 11.5 Å². The van der Waals surface area contributed by atoms with Gasteiger partial charge < -0.3 is 23.7 Å². The number of aromatic nitrogens is 4. The lowest BCUT2D eigenvalue weighted by atomic mass is 9.79. The molecule has 248 valence electrons. The van der Waals surface area contributed by atoms with Gasteiger partial charge in [0.05, 0.1) is 20.5 Å². The number of fused-ring (bicyclic) bond motifs is 1. The van der Waals surface area contributed by atoms with Crippen molar-refractivity contribution in [3.8, 4) is 11.5 Å². The number of imidazole rings is 1. The zero-order valence-electron chi connectivity index (χ0n) is 26.6. The van der Waals surface area contributed by atoms with Crippen molar-refractivity contribution < 1.29 is 32.9 Å². The van der Waals surface area contributed by atoms with Crippen LogP contribution in [0.25, 0.3) is 11.2 Å². The maximum atomic E-state index is 16.9. The Morgan fingerprint density at radius 3 is 2.10 bits per heavy atom. The van der Waals surface area contributed by atoms with Crippen LogP contribution >= 0.6 is 0 Å². The van der Waals surface area contributed by atoms with E-state index in [9.17, 15) is 14.4 Å². The van der Waals surface area contributed by atoms with Crippen LogP contribution in [0, 0.1) is 5.92 Å². The summed E-state index contributed by atoms with van der Waals surface area (Å²) in [5.41, 5.74) is -0.320. The smallest absolute Gasteiger partial charge is 0.280 e. The second-order valence-electron chi connectivity index (χ2n) is 11.5. The Labute approximate surface area is 274 Å². The molecular formula is C35H34FN5O7. The summed E-state index contributed by atoms with van der Waals surface area (Å²) >= 11 is 0. The Morgan fingerprint density at radius 2 is 1.56 bits per heavy atom. The van der Waals surface area contributed by atoms with Gasteiger partial charge in [0.2, 0.25) is 11.9 Å². The lowest BCUT2D eigenvalue weighted by Gasteiger charge is -2.39.